The normalized spacial score (nSPS) is 15.3. The Morgan fingerprint density at radius 3 is 2.39 bits per heavy atom. The molecule has 6 heteroatoms. The fourth-order valence-electron chi connectivity index (χ4n) is 1.18. The number of hydrogen-bond donors (Lipinski definition) is 3. The van der Waals surface area contributed by atoms with E-state index in [1.165, 1.54) is 6.92 Å². The Balaban J connectivity index is 2.88. The molecule has 0 aliphatic rings. The number of aliphatic hydroxyl groups excluding tert-OH is 1. The maximum Gasteiger partial charge on any atom is 0.137 e. The molecule has 5 nitrogen and oxygen atoms in total. The summed E-state index contributed by atoms with van der Waals surface area (Å²) in [5.74, 6) is 1.16. The minimum absolute atomic E-state index is 0.181. The third-order valence-corrected chi connectivity index (χ3v) is 2.55. The smallest absolute Gasteiger partial charge is 0.137 e. The molecule has 0 saturated heterocycles. The van der Waals surface area contributed by atoms with Crippen molar-refractivity contribution in [1.82, 2.24) is 9.97 Å². The van der Waals surface area contributed by atoms with Gasteiger partial charge in [0.2, 0.25) is 0 Å². The van der Waals surface area contributed by atoms with Crippen LogP contribution < -0.4 is 5.32 Å². The van der Waals surface area contributed by atoms with Gasteiger partial charge in [0.15, 0.2) is 0 Å². The summed E-state index contributed by atoms with van der Waals surface area (Å²) < 4.78 is 0. The van der Waals surface area contributed by atoms with E-state index in [2.05, 4.69) is 15.3 Å². The Morgan fingerprint density at radius 1 is 1.28 bits per heavy atom. The molecule has 102 valence electrons. The van der Waals surface area contributed by atoms with Gasteiger partial charge in [0.25, 0.3) is 0 Å². The minimum Gasteiger partial charge on any atom is -0.393 e. The van der Waals surface area contributed by atoms with Crippen molar-refractivity contribution in [3.8, 4) is 0 Å². The quantitative estimate of drug-likeness (QED) is 0.726. The maximum atomic E-state index is 9.69. The Hall–Kier alpha value is -0.910. The first kappa shape index (κ1) is 15.1. The van der Waals surface area contributed by atoms with Crippen molar-refractivity contribution >= 4 is 17.4 Å². The van der Waals surface area contributed by atoms with Crippen molar-refractivity contribution in [1.29, 1.82) is 0 Å². The first-order valence-electron chi connectivity index (χ1n) is 5.76. The van der Waals surface area contributed by atoms with E-state index in [1.54, 1.807) is 6.07 Å². The summed E-state index contributed by atoms with van der Waals surface area (Å²) in [6.07, 6.45) is 0. The van der Waals surface area contributed by atoms with E-state index in [1.807, 2.05) is 20.8 Å². The molecule has 1 atom stereocenters. The summed E-state index contributed by atoms with van der Waals surface area (Å²) in [6.45, 7) is 7.36. The SMILES string of the molecule is CC(O)(CO)CNc1cc(Cl)nc(C(C)(C)C)n1. The van der Waals surface area contributed by atoms with Gasteiger partial charge in [0.05, 0.1) is 6.61 Å². The van der Waals surface area contributed by atoms with Crippen LogP contribution in [0.15, 0.2) is 6.07 Å². The van der Waals surface area contributed by atoms with Crippen LogP contribution in [0, 0.1) is 0 Å². The highest BCUT2D eigenvalue weighted by atomic mass is 35.5. The Bertz CT molecular complexity index is 416. The van der Waals surface area contributed by atoms with Gasteiger partial charge in [-0.3, -0.25) is 0 Å². The summed E-state index contributed by atoms with van der Waals surface area (Å²) in [5, 5.41) is 21.9. The van der Waals surface area contributed by atoms with Crippen molar-refractivity contribution in [2.24, 2.45) is 0 Å². The summed E-state index contributed by atoms with van der Waals surface area (Å²) in [6, 6.07) is 1.59. The first-order valence-corrected chi connectivity index (χ1v) is 6.14. The minimum atomic E-state index is -1.20. The van der Waals surface area contributed by atoms with Crippen LogP contribution in [0.4, 0.5) is 5.82 Å². The lowest BCUT2D eigenvalue weighted by atomic mass is 9.96. The highest BCUT2D eigenvalue weighted by Crippen LogP contribution is 2.22. The standard InChI is InChI=1S/C12H20ClN3O2/c1-11(2,3)10-15-8(13)5-9(16-10)14-6-12(4,18)7-17/h5,17-18H,6-7H2,1-4H3,(H,14,15,16). The molecule has 0 bridgehead atoms. The van der Waals surface area contributed by atoms with E-state index < -0.39 is 5.60 Å². The van der Waals surface area contributed by atoms with Crippen molar-refractivity contribution < 1.29 is 10.2 Å². The molecule has 0 fully saturated rings. The van der Waals surface area contributed by atoms with E-state index in [0.29, 0.717) is 16.8 Å². The van der Waals surface area contributed by atoms with E-state index >= 15 is 0 Å². The van der Waals surface area contributed by atoms with Crippen molar-refractivity contribution in [2.45, 2.75) is 38.7 Å². The number of anilines is 1. The molecular weight excluding hydrogens is 254 g/mol. The van der Waals surface area contributed by atoms with Gasteiger partial charge in [-0.25, -0.2) is 9.97 Å². The molecule has 0 amide bonds. The number of rotatable bonds is 4. The molecule has 0 aliphatic carbocycles. The van der Waals surface area contributed by atoms with Crippen LogP contribution in [-0.4, -0.2) is 38.9 Å². The fraction of sp³-hybridized carbons (Fsp3) is 0.667. The van der Waals surface area contributed by atoms with Gasteiger partial charge in [-0.1, -0.05) is 32.4 Å². The zero-order valence-electron chi connectivity index (χ0n) is 11.2. The van der Waals surface area contributed by atoms with Gasteiger partial charge < -0.3 is 15.5 Å². The average Bonchev–Trinajstić information content (AvgIpc) is 2.25. The number of nitrogens with one attached hydrogen (secondary N) is 1. The van der Waals surface area contributed by atoms with Crippen LogP contribution >= 0.6 is 11.6 Å². The molecule has 1 heterocycles. The lowest BCUT2D eigenvalue weighted by molar-refractivity contribution is 0.0131. The van der Waals surface area contributed by atoms with Gasteiger partial charge in [0, 0.05) is 18.0 Å². The first-order chi connectivity index (χ1) is 8.14. The van der Waals surface area contributed by atoms with Crippen LogP contribution in [0.5, 0.6) is 0 Å². The van der Waals surface area contributed by atoms with Gasteiger partial charge in [-0.15, -0.1) is 0 Å². The Kier molecular flexibility index (Phi) is 4.53. The average molecular weight is 274 g/mol. The van der Waals surface area contributed by atoms with Crippen molar-refractivity contribution in [3.05, 3.63) is 17.0 Å². The number of aromatic nitrogens is 2. The number of hydrogen-bond acceptors (Lipinski definition) is 5. The lowest BCUT2D eigenvalue weighted by Gasteiger charge is -2.22. The molecule has 0 radical (unpaired) electrons. The third-order valence-electron chi connectivity index (χ3n) is 2.36. The largest absolute Gasteiger partial charge is 0.393 e. The van der Waals surface area contributed by atoms with Gasteiger partial charge in [0.1, 0.15) is 22.4 Å². The molecule has 0 aliphatic heterocycles. The monoisotopic (exact) mass is 273 g/mol. The topological polar surface area (TPSA) is 78.3 Å². The van der Waals surface area contributed by atoms with E-state index in [0.717, 1.165) is 0 Å². The molecule has 1 rings (SSSR count). The van der Waals surface area contributed by atoms with Crippen LogP contribution in [0.1, 0.15) is 33.5 Å². The third kappa shape index (κ3) is 4.40. The highest BCUT2D eigenvalue weighted by Gasteiger charge is 2.21. The molecule has 0 spiro atoms. The van der Waals surface area contributed by atoms with Crippen molar-refractivity contribution in [2.75, 3.05) is 18.5 Å². The summed E-state index contributed by atoms with van der Waals surface area (Å²) >= 11 is 5.94. The Morgan fingerprint density at radius 2 is 1.89 bits per heavy atom. The van der Waals surface area contributed by atoms with E-state index in [4.69, 9.17) is 16.7 Å². The van der Waals surface area contributed by atoms with Crippen LogP contribution in [0.25, 0.3) is 0 Å². The number of halogens is 1. The molecular formula is C12H20ClN3O2. The highest BCUT2D eigenvalue weighted by molar-refractivity contribution is 6.29. The van der Waals surface area contributed by atoms with Crippen LogP contribution in [-0.2, 0) is 5.41 Å². The second kappa shape index (κ2) is 5.38. The second-order valence-corrected chi connectivity index (χ2v) is 6.05. The van der Waals surface area contributed by atoms with E-state index in [-0.39, 0.29) is 18.6 Å². The van der Waals surface area contributed by atoms with E-state index in [9.17, 15) is 5.11 Å². The molecule has 18 heavy (non-hydrogen) atoms. The van der Waals surface area contributed by atoms with Gasteiger partial charge in [-0.2, -0.15) is 0 Å². The molecule has 0 aromatic carbocycles. The fourth-order valence-corrected chi connectivity index (χ4v) is 1.36. The Labute approximate surface area is 112 Å². The molecule has 1 aromatic rings. The summed E-state index contributed by atoms with van der Waals surface area (Å²) in [4.78, 5) is 8.51. The summed E-state index contributed by atoms with van der Waals surface area (Å²) in [5.41, 5.74) is -1.40. The molecule has 1 unspecified atom stereocenters. The summed E-state index contributed by atoms with van der Waals surface area (Å²) in [7, 11) is 0. The van der Waals surface area contributed by atoms with Crippen LogP contribution in [0.2, 0.25) is 5.15 Å². The second-order valence-electron chi connectivity index (χ2n) is 5.66. The maximum absolute atomic E-state index is 9.69. The van der Waals surface area contributed by atoms with Gasteiger partial charge in [-0.05, 0) is 6.92 Å². The molecule has 1 aromatic heterocycles. The predicted molar refractivity (Wildman–Crippen MR) is 71.9 cm³/mol. The zero-order chi connectivity index (χ0) is 14.0. The number of nitrogens with zero attached hydrogens (tertiary/aromatic N) is 2. The zero-order valence-corrected chi connectivity index (χ0v) is 11.9. The van der Waals surface area contributed by atoms with Crippen LogP contribution in [0.3, 0.4) is 0 Å². The molecule has 3 N–H and O–H groups in total. The number of aliphatic hydroxyl groups is 2. The predicted octanol–water partition coefficient (Wildman–Crippen LogP) is 1.58. The lowest BCUT2D eigenvalue weighted by Crippen LogP contribution is -2.37. The molecule has 0 saturated carbocycles. The van der Waals surface area contributed by atoms with Gasteiger partial charge >= 0.3 is 0 Å². The van der Waals surface area contributed by atoms with Crippen molar-refractivity contribution in [3.63, 3.8) is 0 Å².